The van der Waals surface area contributed by atoms with Gasteiger partial charge in [0.25, 0.3) is 11.8 Å². The highest BCUT2D eigenvalue weighted by Crippen LogP contribution is 2.45. The van der Waals surface area contributed by atoms with E-state index < -0.39 is 35.4 Å². The number of carbonyl (C=O) groups excluding carboxylic acids is 3. The summed E-state index contributed by atoms with van der Waals surface area (Å²) in [5, 5.41) is 8.47. The SMILES string of the molecule is CC(C)(C)OC(=O)CCC(C(=O)O)N1C(=O)c2c(Cl)c(Cl)c(Cl)c(Cl)c2C1=O. The molecule has 7 nitrogen and oxygen atoms in total. The standard InChI is InChI=1S/C17H15Cl4NO6/c1-17(2,3)28-7(23)5-4-6(16(26)27)22-14(24)8-9(15(22)25)11(19)13(21)12(20)10(8)18/h6H,4-5H2,1-3H3,(H,26,27). The Morgan fingerprint density at radius 3 is 1.75 bits per heavy atom. The van der Waals surface area contributed by atoms with Crippen molar-refractivity contribution in [1.82, 2.24) is 4.90 Å². The summed E-state index contributed by atoms with van der Waals surface area (Å²) < 4.78 is 5.12. The van der Waals surface area contributed by atoms with Gasteiger partial charge in [-0.3, -0.25) is 19.3 Å². The molecule has 1 aromatic rings. The Hall–Kier alpha value is -1.54. The topological polar surface area (TPSA) is 101 Å². The van der Waals surface area contributed by atoms with Crippen molar-refractivity contribution >= 4 is 70.2 Å². The Kier molecular flexibility index (Phi) is 6.55. The largest absolute Gasteiger partial charge is 0.480 e. The lowest BCUT2D eigenvalue weighted by Crippen LogP contribution is -2.45. The van der Waals surface area contributed by atoms with Crippen molar-refractivity contribution in [2.24, 2.45) is 0 Å². The third-order valence-corrected chi connectivity index (χ3v) is 5.57. The molecule has 2 amide bonds. The Labute approximate surface area is 180 Å². The van der Waals surface area contributed by atoms with Crippen molar-refractivity contribution < 1.29 is 29.0 Å². The summed E-state index contributed by atoms with van der Waals surface area (Å²) in [4.78, 5) is 49.6. The Balaban J connectivity index is 2.37. The van der Waals surface area contributed by atoms with Crippen LogP contribution in [-0.4, -0.2) is 45.4 Å². The summed E-state index contributed by atoms with van der Waals surface area (Å²) in [6.07, 6.45) is -0.683. The van der Waals surface area contributed by atoms with Crippen LogP contribution in [0.2, 0.25) is 20.1 Å². The molecule has 0 saturated carbocycles. The van der Waals surface area contributed by atoms with Crippen LogP contribution in [0.15, 0.2) is 0 Å². The van der Waals surface area contributed by atoms with Gasteiger partial charge >= 0.3 is 11.9 Å². The summed E-state index contributed by atoms with van der Waals surface area (Å²) in [5.74, 6) is -4.12. The van der Waals surface area contributed by atoms with Crippen molar-refractivity contribution in [3.8, 4) is 0 Å². The van der Waals surface area contributed by atoms with Gasteiger partial charge in [-0.25, -0.2) is 4.79 Å². The quantitative estimate of drug-likeness (QED) is 0.295. The second kappa shape index (κ2) is 8.06. The Bertz CT molecular complexity index is 846. The maximum absolute atomic E-state index is 12.7. The molecule has 1 aromatic carbocycles. The van der Waals surface area contributed by atoms with Crippen LogP contribution in [0, 0.1) is 0 Å². The molecule has 1 aliphatic rings. The minimum absolute atomic E-state index is 0.226. The zero-order chi connectivity index (χ0) is 21.5. The van der Waals surface area contributed by atoms with Gasteiger partial charge in [-0.15, -0.1) is 0 Å². The van der Waals surface area contributed by atoms with E-state index in [1.165, 1.54) is 0 Å². The monoisotopic (exact) mass is 469 g/mol. The minimum atomic E-state index is -1.63. The summed E-state index contributed by atoms with van der Waals surface area (Å²) in [6.45, 7) is 4.96. The first-order chi connectivity index (χ1) is 12.8. The lowest BCUT2D eigenvalue weighted by Gasteiger charge is -2.23. The van der Waals surface area contributed by atoms with Crippen molar-refractivity contribution in [3.05, 3.63) is 31.2 Å². The van der Waals surface area contributed by atoms with Crippen LogP contribution in [0.1, 0.15) is 54.3 Å². The van der Waals surface area contributed by atoms with Crippen LogP contribution in [-0.2, 0) is 14.3 Å². The third kappa shape index (κ3) is 4.22. The van der Waals surface area contributed by atoms with E-state index in [-0.39, 0.29) is 44.1 Å². The number of amides is 2. The fourth-order valence-corrected chi connectivity index (χ4v) is 3.67. The number of fused-ring (bicyclic) bond motifs is 1. The van der Waals surface area contributed by atoms with E-state index in [1.54, 1.807) is 20.8 Å². The van der Waals surface area contributed by atoms with Gasteiger partial charge in [-0.2, -0.15) is 0 Å². The summed E-state index contributed by atoms with van der Waals surface area (Å²) >= 11 is 23.9. The number of imide groups is 1. The van der Waals surface area contributed by atoms with Crippen LogP contribution < -0.4 is 0 Å². The second-order valence-corrected chi connectivity index (χ2v) is 8.48. The fraction of sp³-hybridized carbons (Fsp3) is 0.412. The highest BCUT2D eigenvalue weighted by molar-refractivity contribution is 6.55. The van der Waals surface area contributed by atoms with E-state index in [1.807, 2.05) is 0 Å². The maximum atomic E-state index is 12.7. The number of hydrogen-bond donors (Lipinski definition) is 1. The second-order valence-electron chi connectivity index (χ2n) is 6.97. The van der Waals surface area contributed by atoms with E-state index >= 15 is 0 Å². The maximum Gasteiger partial charge on any atom is 0.326 e. The zero-order valence-electron chi connectivity index (χ0n) is 14.9. The van der Waals surface area contributed by atoms with Crippen LogP contribution in [0.25, 0.3) is 0 Å². The van der Waals surface area contributed by atoms with E-state index in [2.05, 4.69) is 0 Å². The van der Waals surface area contributed by atoms with Gasteiger partial charge in [0, 0.05) is 6.42 Å². The fourth-order valence-electron chi connectivity index (χ4n) is 2.66. The molecule has 0 radical (unpaired) electrons. The van der Waals surface area contributed by atoms with E-state index in [0.29, 0.717) is 4.90 Å². The van der Waals surface area contributed by atoms with E-state index in [9.17, 15) is 24.3 Å². The molecule has 1 aliphatic heterocycles. The number of esters is 1. The van der Waals surface area contributed by atoms with Gasteiger partial charge in [-0.1, -0.05) is 46.4 Å². The van der Waals surface area contributed by atoms with Crippen molar-refractivity contribution in [3.63, 3.8) is 0 Å². The Morgan fingerprint density at radius 2 is 1.39 bits per heavy atom. The molecule has 1 atom stereocenters. The molecule has 0 aliphatic carbocycles. The van der Waals surface area contributed by atoms with Crippen LogP contribution in [0.5, 0.6) is 0 Å². The van der Waals surface area contributed by atoms with Gasteiger partial charge in [0.05, 0.1) is 31.2 Å². The number of rotatable bonds is 5. The molecule has 0 bridgehead atoms. The van der Waals surface area contributed by atoms with Crippen molar-refractivity contribution in [1.29, 1.82) is 0 Å². The number of halogens is 4. The first-order valence-electron chi connectivity index (χ1n) is 7.96. The molecule has 0 aromatic heterocycles. The minimum Gasteiger partial charge on any atom is -0.480 e. The number of nitrogens with zero attached hydrogens (tertiary/aromatic N) is 1. The number of carbonyl (C=O) groups is 4. The lowest BCUT2D eigenvalue weighted by molar-refractivity contribution is -0.155. The predicted molar refractivity (Wildman–Crippen MR) is 103 cm³/mol. The van der Waals surface area contributed by atoms with E-state index in [4.69, 9.17) is 51.1 Å². The molecular weight excluding hydrogens is 456 g/mol. The number of aliphatic carboxylic acids is 1. The molecular formula is C17H15Cl4NO6. The molecule has 152 valence electrons. The molecule has 11 heteroatoms. The first kappa shape index (κ1) is 22.7. The zero-order valence-corrected chi connectivity index (χ0v) is 18.0. The smallest absolute Gasteiger partial charge is 0.326 e. The molecule has 1 unspecified atom stereocenters. The normalized spacial score (nSPS) is 14.9. The van der Waals surface area contributed by atoms with Gasteiger partial charge in [-0.05, 0) is 27.2 Å². The Morgan fingerprint density at radius 1 is 0.964 bits per heavy atom. The van der Waals surface area contributed by atoms with Crippen molar-refractivity contribution in [2.75, 3.05) is 0 Å². The molecule has 28 heavy (non-hydrogen) atoms. The molecule has 1 heterocycles. The van der Waals surface area contributed by atoms with Gasteiger partial charge in [0.1, 0.15) is 11.6 Å². The number of benzene rings is 1. The van der Waals surface area contributed by atoms with Crippen LogP contribution in [0.4, 0.5) is 0 Å². The molecule has 0 fully saturated rings. The molecule has 2 rings (SSSR count). The third-order valence-electron chi connectivity index (χ3n) is 3.77. The highest BCUT2D eigenvalue weighted by atomic mass is 35.5. The molecule has 1 N–H and O–H groups in total. The predicted octanol–water partition coefficient (Wildman–Crippen LogP) is 4.47. The lowest BCUT2D eigenvalue weighted by atomic mass is 10.1. The summed E-state index contributed by atoms with van der Waals surface area (Å²) in [7, 11) is 0. The number of ether oxygens (including phenoxy) is 1. The average molecular weight is 471 g/mol. The van der Waals surface area contributed by atoms with Crippen LogP contribution >= 0.6 is 46.4 Å². The molecule has 0 spiro atoms. The number of carboxylic acid groups (broad SMARTS) is 1. The molecule has 0 saturated heterocycles. The average Bonchev–Trinajstić information content (AvgIpc) is 2.81. The van der Waals surface area contributed by atoms with Crippen molar-refractivity contribution in [2.45, 2.75) is 45.3 Å². The first-order valence-corrected chi connectivity index (χ1v) is 9.47. The van der Waals surface area contributed by atoms with Gasteiger partial charge < -0.3 is 9.84 Å². The number of hydrogen-bond acceptors (Lipinski definition) is 5. The van der Waals surface area contributed by atoms with E-state index in [0.717, 1.165) is 0 Å². The summed E-state index contributed by atoms with van der Waals surface area (Å²) in [6, 6.07) is -1.63. The van der Waals surface area contributed by atoms with Gasteiger partial charge in [0.15, 0.2) is 0 Å². The highest BCUT2D eigenvalue weighted by Gasteiger charge is 2.46. The van der Waals surface area contributed by atoms with Crippen LogP contribution in [0.3, 0.4) is 0 Å². The van der Waals surface area contributed by atoms with Gasteiger partial charge in [0.2, 0.25) is 0 Å². The summed E-state index contributed by atoms with van der Waals surface area (Å²) in [5.41, 5.74) is -1.41. The number of carboxylic acids is 1.